The number of amides is 1. The molecule has 0 radical (unpaired) electrons. The van der Waals surface area contributed by atoms with E-state index in [1.165, 1.54) is 32.1 Å². The van der Waals surface area contributed by atoms with E-state index >= 15 is 0 Å². The van der Waals surface area contributed by atoms with E-state index in [2.05, 4.69) is 12.2 Å². The van der Waals surface area contributed by atoms with Crippen molar-refractivity contribution < 1.29 is 9.53 Å². The summed E-state index contributed by atoms with van der Waals surface area (Å²) in [5.41, 5.74) is -0.396. The largest absolute Gasteiger partial charge is 0.444 e. The summed E-state index contributed by atoms with van der Waals surface area (Å²) >= 11 is 0. The van der Waals surface area contributed by atoms with Gasteiger partial charge in [0.2, 0.25) is 0 Å². The normalized spacial score (nSPS) is 26.4. The van der Waals surface area contributed by atoms with Crippen LogP contribution in [0.2, 0.25) is 0 Å². The second-order valence-corrected chi connectivity index (χ2v) is 9.03. The number of carbonyl (C=O) groups is 1. The lowest BCUT2D eigenvalue weighted by atomic mass is 9.81. The number of hydrogen-bond donors (Lipinski definition) is 1. The molecule has 1 saturated carbocycles. The van der Waals surface area contributed by atoms with Crippen LogP contribution in [0.25, 0.3) is 0 Å². The molecule has 140 valence electrons. The SMILES string of the molecule is CC1CCC(CCNCC2CCN(C(=O)OC(C)(C)C)CC2)CC1. The molecule has 4 nitrogen and oxygen atoms in total. The quantitative estimate of drug-likeness (QED) is 0.754. The number of nitrogens with zero attached hydrogens (tertiary/aromatic N) is 1. The van der Waals surface area contributed by atoms with Crippen LogP contribution >= 0.6 is 0 Å². The van der Waals surface area contributed by atoms with Crippen LogP contribution in [-0.4, -0.2) is 42.8 Å². The molecule has 0 atom stereocenters. The Balaban J connectivity index is 1.54. The summed E-state index contributed by atoms with van der Waals surface area (Å²) in [4.78, 5) is 13.9. The zero-order valence-corrected chi connectivity index (χ0v) is 16.3. The van der Waals surface area contributed by atoms with Crippen molar-refractivity contribution in [2.45, 2.75) is 78.2 Å². The van der Waals surface area contributed by atoms with Gasteiger partial charge in [0, 0.05) is 13.1 Å². The zero-order chi connectivity index (χ0) is 17.6. The van der Waals surface area contributed by atoms with Crippen molar-refractivity contribution in [2.24, 2.45) is 17.8 Å². The zero-order valence-electron chi connectivity index (χ0n) is 16.3. The molecule has 0 aromatic heterocycles. The lowest BCUT2D eigenvalue weighted by Gasteiger charge is -2.33. The summed E-state index contributed by atoms with van der Waals surface area (Å²) in [6.07, 6.45) is 9.07. The topological polar surface area (TPSA) is 41.6 Å². The van der Waals surface area contributed by atoms with E-state index in [0.29, 0.717) is 5.92 Å². The third-order valence-corrected chi connectivity index (χ3v) is 5.56. The fourth-order valence-corrected chi connectivity index (χ4v) is 3.88. The Bertz CT molecular complexity index is 376. The molecule has 1 N–H and O–H groups in total. The van der Waals surface area contributed by atoms with Crippen molar-refractivity contribution in [3.8, 4) is 0 Å². The van der Waals surface area contributed by atoms with Gasteiger partial charge in [0.15, 0.2) is 0 Å². The maximum Gasteiger partial charge on any atom is 0.410 e. The van der Waals surface area contributed by atoms with E-state index in [4.69, 9.17) is 4.74 Å². The molecule has 0 bridgehead atoms. The average molecular weight is 339 g/mol. The Morgan fingerprint density at radius 3 is 2.25 bits per heavy atom. The lowest BCUT2D eigenvalue weighted by molar-refractivity contribution is 0.0184. The van der Waals surface area contributed by atoms with Crippen molar-refractivity contribution in [2.75, 3.05) is 26.2 Å². The van der Waals surface area contributed by atoms with Crippen LogP contribution in [0.4, 0.5) is 4.79 Å². The second-order valence-electron chi connectivity index (χ2n) is 9.03. The van der Waals surface area contributed by atoms with Crippen molar-refractivity contribution in [3.63, 3.8) is 0 Å². The van der Waals surface area contributed by atoms with E-state index in [1.807, 2.05) is 25.7 Å². The Morgan fingerprint density at radius 2 is 1.67 bits per heavy atom. The van der Waals surface area contributed by atoms with Crippen molar-refractivity contribution in [1.29, 1.82) is 0 Å². The highest BCUT2D eigenvalue weighted by Gasteiger charge is 2.26. The van der Waals surface area contributed by atoms with E-state index in [9.17, 15) is 4.79 Å². The molecular formula is C20H38N2O2. The minimum Gasteiger partial charge on any atom is -0.444 e. The molecule has 24 heavy (non-hydrogen) atoms. The molecule has 0 spiro atoms. The number of piperidine rings is 1. The van der Waals surface area contributed by atoms with Crippen molar-refractivity contribution in [3.05, 3.63) is 0 Å². The minimum atomic E-state index is -0.396. The highest BCUT2D eigenvalue weighted by atomic mass is 16.6. The van der Waals surface area contributed by atoms with Crippen LogP contribution in [0.5, 0.6) is 0 Å². The second kappa shape index (κ2) is 9.07. The first kappa shape index (κ1) is 19.6. The van der Waals surface area contributed by atoms with Crippen LogP contribution in [-0.2, 0) is 4.74 Å². The van der Waals surface area contributed by atoms with Gasteiger partial charge in [0.05, 0.1) is 0 Å². The number of ether oxygens (including phenoxy) is 1. The van der Waals surface area contributed by atoms with Gasteiger partial charge in [-0.05, 0) is 70.9 Å². The number of rotatable bonds is 5. The van der Waals surface area contributed by atoms with Gasteiger partial charge in [0.25, 0.3) is 0 Å². The number of likely N-dealkylation sites (tertiary alicyclic amines) is 1. The standard InChI is InChI=1S/C20H38N2O2/c1-16-5-7-17(8-6-16)9-12-21-15-18-10-13-22(14-11-18)19(23)24-20(2,3)4/h16-18,21H,5-15H2,1-4H3. The fourth-order valence-electron chi connectivity index (χ4n) is 3.88. The molecule has 1 amide bonds. The molecule has 0 aromatic rings. The monoisotopic (exact) mass is 338 g/mol. The molecule has 1 aliphatic heterocycles. The van der Waals surface area contributed by atoms with Crippen LogP contribution in [0.1, 0.15) is 72.6 Å². The summed E-state index contributed by atoms with van der Waals surface area (Å²) < 4.78 is 5.46. The van der Waals surface area contributed by atoms with Gasteiger partial charge in [-0.25, -0.2) is 4.79 Å². The number of hydrogen-bond acceptors (Lipinski definition) is 3. The first-order valence-electron chi connectivity index (χ1n) is 10.0. The van der Waals surface area contributed by atoms with Gasteiger partial charge < -0.3 is 15.0 Å². The highest BCUT2D eigenvalue weighted by Crippen LogP contribution is 2.30. The molecule has 2 fully saturated rings. The molecule has 2 rings (SSSR count). The van der Waals surface area contributed by atoms with E-state index < -0.39 is 5.60 Å². The molecular weight excluding hydrogens is 300 g/mol. The lowest BCUT2D eigenvalue weighted by Crippen LogP contribution is -2.43. The Kier molecular flexibility index (Phi) is 7.39. The predicted octanol–water partition coefficient (Wildman–Crippen LogP) is 4.44. The van der Waals surface area contributed by atoms with E-state index in [1.54, 1.807) is 0 Å². The van der Waals surface area contributed by atoms with Gasteiger partial charge in [0.1, 0.15) is 5.60 Å². The summed E-state index contributed by atoms with van der Waals surface area (Å²) in [6, 6.07) is 0. The third-order valence-electron chi connectivity index (χ3n) is 5.56. The van der Waals surface area contributed by atoms with Gasteiger partial charge in [-0.15, -0.1) is 0 Å². The summed E-state index contributed by atoms with van der Waals surface area (Å²) in [6.45, 7) is 12.1. The van der Waals surface area contributed by atoms with Crippen LogP contribution in [0.15, 0.2) is 0 Å². The minimum absolute atomic E-state index is 0.152. The van der Waals surface area contributed by atoms with E-state index in [-0.39, 0.29) is 6.09 Å². The molecule has 4 heteroatoms. The molecule has 0 unspecified atom stereocenters. The van der Waals surface area contributed by atoms with Crippen molar-refractivity contribution >= 4 is 6.09 Å². The van der Waals surface area contributed by atoms with Crippen molar-refractivity contribution in [1.82, 2.24) is 10.2 Å². The van der Waals surface area contributed by atoms with Crippen LogP contribution in [0.3, 0.4) is 0 Å². The van der Waals surface area contributed by atoms with Crippen LogP contribution in [0, 0.1) is 17.8 Å². The maximum atomic E-state index is 12.1. The molecule has 1 heterocycles. The van der Waals surface area contributed by atoms with Gasteiger partial charge >= 0.3 is 6.09 Å². The molecule has 0 aromatic carbocycles. The first-order chi connectivity index (χ1) is 11.3. The smallest absolute Gasteiger partial charge is 0.410 e. The Hall–Kier alpha value is -0.770. The average Bonchev–Trinajstić information content (AvgIpc) is 2.52. The molecule has 2 aliphatic rings. The predicted molar refractivity (Wildman–Crippen MR) is 99.1 cm³/mol. The van der Waals surface area contributed by atoms with E-state index in [0.717, 1.165) is 50.9 Å². The van der Waals surface area contributed by atoms with Gasteiger partial charge in [-0.2, -0.15) is 0 Å². The highest BCUT2D eigenvalue weighted by molar-refractivity contribution is 5.68. The third kappa shape index (κ3) is 7.00. The number of nitrogens with one attached hydrogen (secondary N) is 1. The Morgan fingerprint density at radius 1 is 1.04 bits per heavy atom. The van der Waals surface area contributed by atoms with Gasteiger partial charge in [-0.3, -0.25) is 0 Å². The Labute approximate surface area is 148 Å². The summed E-state index contributed by atoms with van der Waals surface area (Å²) in [5.74, 6) is 2.60. The fraction of sp³-hybridized carbons (Fsp3) is 0.950. The number of carbonyl (C=O) groups excluding carboxylic acids is 1. The summed E-state index contributed by atoms with van der Waals surface area (Å²) in [7, 11) is 0. The molecule has 1 aliphatic carbocycles. The molecule has 1 saturated heterocycles. The van der Waals surface area contributed by atoms with Gasteiger partial charge in [-0.1, -0.05) is 32.6 Å². The maximum absolute atomic E-state index is 12.1. The first-order valence-corrected chi connectivity index (χ1v) is 10.0. The summed E-state index contributed by atoms with van der Waals surface area (Å²) in [5, 5.41) is 3.66. The van der Waals surface area contributed by atoms with Crippen LogP contribution < -0.4 is 5.32 Å².